The van der Waals surface area contributed by atoms with Crippen molar-refractivity contribution in [2.45, 2.75) is 82.2 Å². The van der Waals surface area contributed by atoms with E-state index in [1.807, 2.05) is 0 Å². The number of hydrogen-bond acceptors (Lipinski definition) is 3. The Morgan fingerprint density at radius 2 is 1.95 bits per heavy atom. The molecule has 4 heteroatoms. The number of allylic oxidation sites excluding steroid dienone is 1. The molecular weight excluding hydrogens is 296 g/mol. The maximum atomic E-state index is 10.5. The second-order valence-corrected chi connectivity index (χ2v) is 7.69. The minimum Gasteiger partial charge on any atom is -0.481 e. The molecule has 3 nitrogen and oxygen atoms in total. The van der Waals surface area contributed by atoms with E-state index in [0.29, 0.717) is 23.9 Å². The lowest BCUT2D eigenvalue weighted by Gasteiger charge is -2.27. The molecule has 2 saturated heterocycles. The lowest BCUT2D eigenvalue weighted by atomic mass is 9.85. The summed E-state index contributed by atoms with van der Waals surface area (Å²) in [7, 11) is 0. The summed E-state index contributed by atoms with van der Waals surface area (Å²) >= 11 is 2.08. The Bertz CT molecular complexity index is 369. The minimum atomic E-state index is -0.668. The van der Waals surface area contributed by atoms with Crippen LogP contribution in [0.25, 0.3) is 0 Å². The summed E-state index contributed by atoms with van der Waals surface area (Å²) in [6.45, 7) is 2.18. The Labute approximate surface area is 138 Å². The van der Waals surface area contributed by atoms with E-state index >= 15 is 0 Å². The van der Waals surface area contributed by atoms with Gasteiger partial charge in [0.25, 0.3) is 0 Å². The molecule has 0 amide bonds. The van der Waals surface area contributed by atoms with Gasteiger partial charge < -0.3 is 9.84 Å². The van der Waals surface area contributed by atoms with Crippen LogP contribution in [0.1, 0.15) is 64.7 Å². The van der Waals surface area contributed by atoms with Gasteiger partial charge in [0.1, 0.15) is 0 Å². The van der Waals surface area contributed by atoms with Crippen molar-refractivity contribution in [2.24, 2.45) is 5.92 Å². The standard InChI is InChI=1S/C18H30O3S/c1-2-3-8-13-22-18-14(15-11-12-16(18)21-15)9-6-4-5-7-10-17(19)20/h3,8,14-16,18H,2,4-7,9-13H2,1H3,(H,19,20)/t14-,15+,16-,18-/m0/s1. The zero-order valence-corrected chi connectivity index (χ0v) is 14.5. The van der Waals surface area contributed by atoms with Gasteiger partial charge in [-0.25, -0.2) is 0 Å². The van der Waals surface area contributed by atoms with Crippen molar-refractivity contribution < 1.29 is 14.6 Å². The summed E-state index contributed by atoms with van der Waals surface area (Å²) in [5, 5.41) is 9.32. The molecule has 4 atom stereocenters. The first-order chi connectivity index (χ1) is 10.7. The predicted molar refractivity (Wildman–Crippen MR) is 92.4 cm³/mol. The first-order valence-electron chi connectivity index (χ1n) is 8.86. The van der Waals surface area contributed by atoms with Crippen molar-refractivity contribution in [3.05, 3.63) is 12.2 Å². The number of carboxylic acids is 1. The third-order valence-corrected chi connectivity index (χ3v) is 6.24. The first-order valence-corrected chi connectivity index (χ1v) is 9.91. The maximum absolute atomic E-state index is 10.5. The van der Waals surface area contributed by atoms with Crippen LogP contribution in [-0.2, 0) is 9.53 Å². The van der Waals surface area contributed by atoms with Gasteiger partial charge in [-0.3, -0.25) is 4.79 Å². The van der Waals surface area contributed by atoms with Crippen molar-refractivity contribution in [1.29, 1.82) is 0 Å². The summed E-state index contributed by atoms with van der Waals surface area (Å²) in [6.07, 6.45) is 15.0. The van der Waals surface area contributed by atoms with E-state index in [4.69, 9.17) is 9.84 Å². The molecule has 0 aliphatic carbocycles. The zero-order chi connectivity index (χ0) is 15.8. The molecule has 126 valence electrons. The van der Waals surface area contributed by atoms with Gasteiger partial charge in [-0.05, 0) is 38.0 Å². The largest absolute Gasteiger partial charge is 0.481 e. The quantitative estimate of drug-likeness (QED) is 0.443. The van der Waals surface area contributed by atoms with Crippen LogP contribution in [0.5, 0.6) is 0 Å². The van der Waals surface area contributed by atoms with Crippen LogP contribution in [0.3, 0.4) is 0 Å². The Balaban J connectivity index is 1.66. The van der Waals surface area contributed by atoms with E-state index in [9.17, 15) is 4.79 Å². The van der Waals surface area contributed by atoms with E-state index in [2.05, 4.69) is 30.8 Å². The highest BCUT2D eigenvalue weighted by Crippen LogP contribution is 2.47. The smallest absolute Gasteiger partial charge is 0.303 e. The number of carbonyl (C=O) groups is 1. The van der Waals surface area contributed by atoms with Crippen LogP contribution >= 0.6 is 11.8 Å². The summed E-state index contributed by atoms with van der Waals surface area (Å²) in [6, 6.07) is 0. The van der Waals surface area contributed by atoms with Gasteiger partial charge in [0.05, 0.1) is 12.2 Å². The molecule has 0 aromatic rings. The van der Waals surface area contributed by atoms with Gasteiger partial charge in [0.15, 0.2) is 0 Å². The van der Waals surface area contributed by atoms with E-state index in [1.54, 1.807) is 0 Å². The normalized spacial score (nSPS) is 30.4. The van der Waals surface area contributed by atoms with Gasteiger partial charge in [-0.1, -0.05) is 38.3 Å². The van der Waals surface area contributed by atoms with Crippen LogP contribution in [0.4, 0.5) is 0 Å². The molecule has 2 aliphatic heterocycles. The average molecular weight is 327 g/mol. The molecule has 2 heterocycles. The molecule has 0 unspecified atom stereocenters. The molecule has 22 heavy (non-hydrogen) atoms. The first kappa shape index (κ1) is 17.9. The van der Waals surface area contributed by atoms with Gasteiger partial charge in [-0.15, -0.1) is 0 Å². The fraction of sp³-hybridized carbons (Fsp3) is 0.833. The Morgan fingerprint density at radius 1 is 1.18 bits per heavy atom. The number of unbranched alkanes of at least 4 members (excludes halogenated alkanes) is 3. The van der Waals surface area contributed by atoms with Crippen molar-refractivity contribution >= 4 is 17.7 Å². The zero-order valence-electron chi connectivity index (χ0n) is 13.7. The van der Waals surface area contributed by atoms with Crippen molar-refractivity contribution in [3.8, 4) is 0 Å². The molecular formula is C18H30O3S. The van der Waals surface area contributed by atoms with Crippen molar-refractivity contribution in [3.63, 3.8) is 0 Å². The average Bonchev–Trinajstić information content (AvgIpc) is 3.08. The van der Waals surface area contributed by atoms with Crippen molar-refractivity contribution in [2.75, 3.05) is 5.75 Å². The van der Waals surface area contributed by atoms with Crippen LogP contribution < -0.4 is 0 Å². The minimum absolute atomic E-state index is 0.319. The Kier molecular flexibility index (Phi) is 7.81. The van der Waals surface area contributed by atoms with E-state index < -0.39 is 5.97 Å². The molecule has 0 aromatic carbocycles. The molecule has 2 aliphatic rings. The van der Waals surface area contributed by atoms with Crippen LogP contribution in [-0.4, -0.2) is 34.3 Å². The SMILES string of the molecule is CCC=CCS[C@H]1[C@@H](CCCCCCC(=O)O)[C@H]2CC[C@@H]1O2. The number of fused-ring (bicyclic) bond motifs is 2. The molecule has 0 radical (unpaired) electrons. The molecule has 0 saturated carbocycles. The number of carboxylic acid groups (broad SMARTS) is 1. The van der Waals surface area contributed by atoms with Gasteiger partial charge in [-0.2, -0.15) is 11.8 Å². The lowest BCUT2D eigenvalue weighted by Crippen LogP contribution is -2.29. The predicted octanol–water partition coefficient (Wildman–Crippen LogP) is 4.66. The molecule has 0 spiro atoms. The topological polar surface area (TPSA) is 46.5 Å². The van der Waals surface area contributed by atoms with E-state index in [1.165, 1.54) is 25.7 Å². The monoisotopic (exact) mass is 326 g/mol. The van der Waals surface area contributed by atoms with Gasteiger partial charge in [0, 0.05) is 17.4 Å². The van der Waals surface area contributed by atoms with Crippen LogP contribution in [0.15, 0.2) is 12.2 Å². The molecule has 2 rings (SSSR count). The second-order valence-electron chi connectivity index (χ2n) is 6.48. The number of rotatable bonds is 11. The third-order valence-electron chi connectivity index (χ3n) is 4.82. The van der Waals surface area contributed by atoms with E-state index in [0.717, 1.165) is 37.4 Å². The fourth-order valence-electron chi connectivity index (χ4n) is 3.73. The highest BCUT2D eigenvalue weighted by atomic mass is 32.2. The highest BCUT2D eigenvalue weighted by molar-refractivity contribution is 8.00. The lowest BCUT2D eigenvalue weighted by molar-refractivity contribution is -0.137. The molecule has 2 fully saturated rings. The Hall–Kier alpha value is -0.480. The summed E-state index contributed by atoms with van der Waals surface area (Å²) < 4.78 is 6.14. The van der Waals surface area contributed by atoms with Crippen LogP contribution in [0.2, 0.25) is 0 Å². The third kappa shape index (κ3) is 5.31. The fourth-order valence-corrected chi connectivity index (χ4v) is 5.17. The number of hydrogen-bond donors (Lipinski definition) is 1. The summed E-state index contributed by atoms with van der Waals surface area (Å²) in [5.74, 6) is 1.16. The number of thioether (sulfide) groups is 1. The van der Waals surface area contributed by atoms with Gasteiger partial charge in [0.2, 0.25) is 0 Å². The van der Waals surface area contributed by atoms with Gasteiger partial charge >= 0.3 is 5.97 Å². The highest BCUT2D eigenvalue weighted by Gasteiger charge is 2.48. The van der Waals surface area contributed by atoms with Crippen LogP contribution in [0, 0.1) is 5.92 Å². The number of aliphatic carboxylic acids is 1. The molecule has 0 aromatic heterocycles. The maximum Gasteiger partial charge on any atom is 0.303 e. The molecule has 2 bridgehead atoms. The molecule has 1 N–H and O–H groups in total. The number of ether oxygens (including phenoxy) is 1. The van der Waals surface area contributed by atoms with E-state index in [-0.39, 0.29) is 0 Å². The Morgan fingerprint density at radius 3 is 2.73 bits per heavy atom. The summed E-state index contributed by atoms with van der Waals surface area (Å²) in [5.41, 5.74) is 0. The second kappa shape index (κ2) is 9.61. The van der Waals surface area contributed by atoms with Crippen molar-refractivity contribution in [1.82, 2.24) is 0 Å². The summed E-state index contributed by atoms with van der Waals surface area (Å²) in [4.78, 5) is 10.5.